The third-order valence-electron chi connectivity index (χ3n) is 4.91. The number of amides is 1. The van der Waals surface area contributed by atoms with E-state index in [0.717, 1.165) is 67.6 Å². The third-order valence-corrected chi connectivity index (χ3v) is 5.95. The standard InChI is InChI=1S/C18H27N5OS/c1-3-22(4-2)13-10-19-16(24)14-7-11-23(12-8-14)18-21-15-6-5-9-20-17(15)25-18/h5-6,9,14H,3-4,7-8,10-13H2,1-2H3,(H,19,24). The van der Waals surface area contributed by atoms with Crippen molar-refractivity contribution in [2.24, 2.45) is 5.92 Å². The highest BCUT2D eigenvalue weighted by Crippen LogP contribution is 2.30. The minimum absolute atomic E-state index is 0.125. The van der Waals surface area contributed by atoms with Crippen LogP contribution in [0.25, 0.3) is 10.3 Å². The predicted molar refractivity (Wildman–Crippen MR) is 103 cm³/mol. The van der Waals surface area contributed by atoms with E-state index in [-0.39, 0.29) is 11.8 Å². The Balaban J connectivity index is 1.47. The van der Waals surface area contributed by atoms with E-state index in [0.29, 0.717) is 0 Å². The molecule has 1 fully saturated rings. The number of carbonyl (C=O) groups excluding carboxylic acids is 1. The van der Waals surface area contributed by atoms with Gasteiger partial charge in [-0.25, -0.2) is 9.97 Å². The van der Waals surface area contributed by atoms with E-state index in [2.05, 4.69) is 38.9 Å². The van der Waals surface area contributed by atoms with Gasteiger partial charge < -0.3 is 15.1 Å². The summed E-state index contributed by atoms with van der Waals surface area (Å²) in [5.74, 6) is 0.332. The van der Waals surface area contributed by atoms with Crippen LogP contribution in [0.3, 0.4) is 0 Å². The Morgan fingerprint density at radius 3 is 2.80 bits per heavy atom. The van der Waals surface area contributed by atoms with E-state index in [4.69, 9.17) is 0 Å². The van der Waals surface area contributed by atoms with Gasteiger partial charge in [0.05, 0.1) is 0 Å². The van der Waals surface area contributed by atoms with Gasteiger partial charge in [0.2, 0.25) is 5.91 Å². The molecule has 0 unspecified atom stereocenters. The number of nitrogens with one attached hydrogen (secondary N) is 1. The molecule has 1 saturated heterocycles. The largest absolute Gasteiger partial charge is 0.355 e. The number of carbonyl (C=O) groups is 1. The predicted octanol–water partition coefficient (Wildman–Crippen LogP) is 2.37. The fraction of sp³-hybridized carbons (Fsp3) is 0.611. The molecule has 2 aromatic heterocycles. The number of hydrogen-bond donors (Lipinski definition) is 1. The van der Waals surface area contributed by atoms with E-state index in [1.54, 1.807) is 17.5 Å². The number of anilines is 1. The zero-order chi connectivity index (χ0) is 17.6. The van der Waals surface area contributed by atoms with E-state index >= 15 is 0 Å². The van der Waals surface area contributed by atoms with Crippen LogP contribution in [0.1, 0.15) is 26.7 Å². The smallest absolute Gasteiger partial charge is 0.223 e. The second kappa shape index (κ2) is 8.58. The quantitative estimate of drug-likeness (QED) is 0.820. The first-order valence-electron chi connectivity index (χ1n) is 9.17. The lowest BCUT2D eigenvalue weighted by molar-refractivity contribution is -0.125. The summed E-state index contributed by atoms with van der Waals surface area (Å²) < 4.78 is 0. The number of fused-ring (bicyclic) bond motifs is 1. The van der Waals surface area contributed by atoms with Crippen molar-refractivity contribution in [1.29, 1.82) is 0 Å². The van der Waals surface area contributed by atoms with Crippen LogP contribution in [0.4, 0.5) is 5.13 Å². The number of rotatable bonds is 7. The van der Waals surface area contributed by atoms with Crippen LogP contribution in [0.2, 0.25) is 0 Å². The van der Waals surface area contributed by atoms with Gasteiger partial charge in [-0.15, -0.1) is 0 Å². The number of likely N-dealkylation sites (N-methyl/N-ethyl adjacent to an activating group) is 1. The van der Waals surface area contributed by atoms with Crippen LogP contribution in [-0.4, -0.2) is 60.0 Å². The van der Waals surface area contributed by atoms with Crippen LogP contribution in [0.5, 0.6) is 0 Å². The molecule has 1 aliphatic heterocycles. The third kappa shape index (κ3) is 4.46. The van der Waals surface area contributed by atoms with Gasteiger partial charge in [0.25, 0.3) is 0 Å². The lowest BCUT2D eigenvalue weighted by Gasteiger charge is -2.31. The Bertz CT molecular complexity index is 659. The average Bonchev–Trinajstić information content (AvgIpc) is 3.09. The molecule has 0 radical (unpaired) electrons. The Kier molecular flexibility index (Phi) is 6.20. The number of thiazole rings is 1. The van der Waals surface area contributed by atoms with Crippen molar-refractivity contribution in [2.75, 3.05) is 44.2 Å². The van der Waals surface area contributed by atoms with E-state index in [9.17, 15) is 4.79 Å². The minimum Gasteiger partial charge on any atom is -0.355 e. The number of hydrogen-bond acceptors (Lipinski definition) is 6. The topological polar surface area (TPSA) is 61.4 Å². The average molecular weight is 362 g/mol. The van der Waals surface area contributed by atoms with Gasteiger partial charge in [-0.05, 0) is 38.1 Å². The van der Waals surface area contributed by atoms with Crippen LogP contribution >= 0.6 is 11.3 Å². The fourth-order valence-electron chi connectivity index (χ4n) is 3.25. The summed E-state index contributed by atoms with van der Waals surface area (Å²) in [5, 5.41) is 4.13. The van der Waals surface area contributed by atoms with Crippen molar-refractivity contribution in [3.05, 3.63) is 18.3 Å². The summed E-state index contributed by atoms with van der Waals surface area (Å²) >= 11 is 1.63. The minimum atomic E-state index is 0.125. The van der Waals surface area contributed by atoms with Gasteiger partial charge in [0.15, 0.2) is 5.13 Å². The molecule has 25 heavy (non-hydrogen) atoms. The van der Waals surface area contributed by atoms with Crippen molar-refractivity contribution in [3.8, 4) is 0 Å². The lowest BCUT2D eigenvalue weighted by atomic mass is 9.96. The number of nitrogens with zero attached hydrogens (tertiary/aromatic N) is 4. The molecule has 136 valence electrons. The van der Waals surface area contributed by atoms with Gasteiger partial charge in [-0.1, -0.05) is 25.2 Å². The second-order valence-corrected chi connectivity index (χ2v) is 7.36. The summed E-state index contributed by atoms with van der Waals surface area (Å²) in [6, 6.07) is 3.92. The Morgan fingerprint density at radius 1 is 1.36 bits per heavy atom. The van der Waals surface area contributed by atoms with E-state index in [1.807, 2.05) is 12.1 Å². The molecule has 1 aliphatic rings. The maximum Gasteiger partial charge on any atom is 0.223 e. The number of pyridine rings is 1. The Morgan fingerprint density at radius 2 is 2.12 bits per heavy atom. The van der Waals surface area contributed by atoms with Gasteiger partial charge in [-0.2, -0.15) is 0 Å². The first kappa shape index (κ1) is 18.1. The summed E-state index contributed by atoms with van der Waals surface area (Å²) in [4.78, 5) is 27.0. The second-order valence-electron chi connectivity index (χ2n) is 6.40. The van der Waals surface area contributed by atoms with Crippen molar-refractivity contribution in [3.63, 3.8) is 0 Å². The first-order valence-corrected chi connectivity index (χ1v) is 9.99. The lowest BCUT2D eigenvalue weighted by Crippen LogP contribution is -2.42. The molecule has 1 N–H and O–H groups in total. The van der Waals surface area contributed by atoms with E-state index < -0.39 is 0 Å². The maximum absolute atomic E-state index is 12.4. The molecule has 0 saturated carbocycles. The molecule has 2 aromatic rings. The van der Waals surface area contributed by atoms with Crippen LogP contribution in [0.15, 0.2) is 18.3 Å². The van der Waals surface area contributed by atoms with Crippen molar-refractivity contribution < 1.29 is 4.79 Å². The zero-order valence-electron chi connectivity index (χ0n) is 15.1. The Hall–Kier alpha value is -1.73. The molecule has 0 bridgehead atoms. The molecule has 3 rings (SSSR count). The molecule has 3 heterocycles. The molecule has 0 spiro atoms. The normalized spacial score (nSPS) is 15.9. The summed E-state index contributed by atoms with van der Waals surface area (Å²) in [7, 11) is 0. The highest BCUT2D eigenvalue weighted by molar-refractivity contribution is 7.21. The van der Waals surface area contributed by atoms with Crippen molar-refractivity contribution in [2.45, 2.75) is 26.7 Å². The molecule has 0 aliphatic carbocycles. The molecular formula is C18H27N5OS. The molecular weight excluding hydrogens is 334 g/mol. The first-order chi connectivity index (χ1) is 12.2. The highest BCUT2D eigenvalue weighted by atomic mass is 32.1. The van der Waals surface area contributed by atoms with Crippen molar-refractivity contribution in [1.82, 2.24) is 20.2 Å². The summed E-state index contributed by atoms with van der Waals surface area (Å²) in [5.41, 5.74) is 0.957. The fourth-order valence-corrected chi connectivity index (χ4v) is 4.21. The molecule has 1 amide bonds. The highest BCUT2D eigenvalue weighted by Gasteiger charge is 2.26. The molecule has 6 nitrogen and oxygen atoms in total. The van der Waals surface area contributed by atoms with Gasteiger partial charge in [-0.3, -0.25) is 4.79 Å². The van der Waals surface area contributed by atoms with E-state index in [1.165, 1.54) is 0 Å². The van der Waals surface area contributed by atoms with Gasteiger partial charge in [0, 0.05) is 38.3 Å². The van der Waals surface area contributed by atoms with Gasteiger partial charge in [0.1, 0.15) is 10.3 Å². The maximum atomic E-state index is 12.4. The molecule has 7 heteroatoms. The van der Waals surface area contributed by atoms with Crippen molar-refractivity contribution >= 4 is 32.7 Å². The number of piperidine rings is 1. The SMILES string of the molecule is CCN(CC)CCNC(=O)C1CCN(c2nc3cccnc3s2)CC1. The zero-order valence-corrected chi connectivity index (χ0v) is 15.9. The summed E-state index contributed by atoms with van der Waals surface area (Å²) in [6.45, 7) is 9.79. The van der Waals surface area contributed by atoms with Crippen LogP contribution < -0.4 is 10.2 Å². The number of aromatic nitrogens is 2. The summed E-state index contributed by atoms with van der Waals surface area (Å²) in [6.07, 6.45) is 3.58. The molecule has 0 aromatic carbocycles. The van der Waals surface area contributed by atoms with Crippen LogP contribution in [0, 0.1) is 5.92 Å². The monoisotopic (exact) mass is 361 g/mol. The van der Waals surface area contributed by atoms with Gasteiger partial charge >= 0.3 is 0 Å². The Labute approximate surface area is 153 Å². The van der Waals surface area contributed by atoms with Crippen LogP contribution in [-0.2, 0) is 4.79 Å². The molecule has 0 atom stereocenters.